The lowest BCUT2D eigenvalue weighted by Gasteiger charge is -2.26. The van der Waals surface area contributed by atoms with E-state index in [1.165, 1.54) is 16.4 Å². The van der Waals surface area contributed by atoms with Crippen LogP contribution in [0.5, 0.6) is 11.5 Å². The summed E-state index contributed by atoms with van der Waals surface area (Å²) in [6.45, 7) is 1.20. The first-order chi connectivity index (χ1) is 13.5. The molecule has 1 N–H and O–H groups in total. The highest BCUT2D eigenvalue weighted by Crippen LogP contribution is 2.33. The summed E-state index contributed by atoms with van der Waals surface area (Å²) in [5.41, 5.74) is 0.820. The number of sulfonamides is 1. The number of hydrogen-bond acceptors (Lipinski definition) is 6. The fourth-order valence-corrected chi connectivity index (χ4v) is 4.82. The lowest BCUT2D eigenvalue weighted by Crippen LogP contribution is -2.41. The first kappa shape index (κ1) is 18.7. The van der Waals surface area contributed by atoms with Gasteiger partial charge in [0.15, 0.2) is 11.5 Å². The second-order valence-corrected chi connectivity index (χ2v) is 8.70. The molecule has 1 amide bonds. The van der Waals surface area contributed by atoms with E-state index in [0.717, 1.165) is 5.56 Å². The third-order valence-electron chi connectivity index (χ3n) is 4.77. The molecule has 8 nitrogen and oxygen atoms in total. The van der Waals surface area contributed by atoms with Crippen molar-refractivity contribution in [3.8, 4) is 11.5 Å². The van der Waals surface area contributed by atoms with Crippen LogP contribution in [-0.2, 0) is 21.4 Å². The number of nitrogens with one attached hydrogen (secondary N) is 1. The van der Waals surface area contributed by atoms with Gasteiger partial charge in [-0.2, -0.15) is 4.31 Å². The Labute approximate surface area is 163 Å². The van der Waals surface area contributed by atoms with Gasteiger partial charge in [0, 0.05) is 44.0 Å². The molecule has 2 aromatic rings. The summed E-state index contributed by atoms with van der Waals surface area (Å²) in [7, 11) is -3.81. The highest BCUT2D eigenvalue weighted by Gasteiger charge is 2.31. The number of hydrogen-bond donors (Lipinski definition) is 1. The highest BCUT2D eigenvalue weighted by molar-refractivity contribution is 7.89. The van der Waals surface area contributed by atoms with E-state index in [-0.39, 0.29) is 29.9 Å². The molecule has 1 aromatic carbocycles. The fourth-order valence-electron chi connectivity index (χ4n) is 3.33. The van der Waals surface area contributed by atoms with Crippen LogP contribution >= 0.6 is 0 Å². The number of nitrogens with zero attached hydrogens (tertiary/aromatic N) is 2. The van der Waals surface area contributed by atoms with E-state index < -0.39 is 10.0 Å². The van der Waals surface area contributed by atoms with E-state index in [4.69, 9.17) is 9.47 Å². The Hall–Kier alpha value is -2.65. The summed E-state index contributed by atoms with van der Waals surface area (Å²) >= 11 is 0. The van der Waals surface area contributed by atoms with E-state index in [9.17, 15) is 13.2 Å². The van der Waals surface area contributed by atoms with Gasteiger partial charge in [-0.25, -0.2) is 8.42 Å². The summed E-state index contributed by atoms with van der Waals surface area (Å²) in [6.07, 6.45) is 4.28. The Morgan fingerprint density at radius 2 is 1.86 bits per heavy atom. The Morgan fingerprint density at radius 1 is 1.11 bits per heavy atom. The van der Waals surface area contributed by atoms with Gasteiger partial charge in [-0.05, 0) is 36.2 Å². The predicted molar refractivity (Wildman–Crippen MR) is 100 cm³/mol. The maximum absolute atomic E-state index is 13.4. The quantitative estimate of drug-likeness (QED) is 0.781. The zero-order valence-electron chi connectivity index (χ0n) is 15.2. The molecule has 0 aliphatic carbocycles. The Morgan fingerprint density at radius 3 is 2.57 bits per heavy atom. The second-order valence-electron chi connectivity index (χ2n) is 6.76. The second kappa shape index (κ2) is 7.76. The molecule has 148 valence electrons. The molecule has 1 atom stereocenters. The van der Waals surface area contributed by atoms with Crippen LogP contribution in [0.15, 0.2) is 47.6 Å². The van der Waals surface area contributed by atoms with Crippen LogP contribution < -0.4 is 14.8 Å². The molecule has 1 saturated heterocycles. The minimum Gasteiger partial charge on any atom is -0.486 e. The SMILES string of the molecule is O=C1CC[C@@H](CN(Cc2ccncc2)S(=O)(=O)c2ccc3c(c2)OCCO3)N1. The number of ether oxygens (including phenoxy) is 2. The van der Waals surface area contributed by atoms with Gasteiger partial charge in [-0.15, -0.1) is 0 Å². The van der Waals surface area contributed by atoms with Crippen molar-refractivity contribution in [2.75, 3.05) is 19.8 Å². The first-order valence-corrected chi connectivity index (χ1v) is 10.5. The molecule has 2 aliphatic heterocycles. The lowest BCUT2D eigenvalue weighted by atomic mass is 10.2. The molecule has 0 radical (unpaired) electrons. The largest absolute Gasteiger partial charge is 0.486 e. The topological polar surface area (TPSA) is 97.8 Å². The number of rotatable bonds is 6. The van der Waals surface area contributed by atoms with Crippen molar-refractivity contribution in [3.05, 3.63) is 48.3 Å². The third kappa shape index (κ3) is 3.95. The molecule has 0 spiro atoms. The highest BCUT2D eigenvalue weighted by atomic mass is 32.2. The summed E-state index contributed by atoms with van der Waals surface area (Å²) in [5, 5.41) is 2.84. The molecular weight excluding hydrogens is 382 g/mol. The molecule has 1 fully saturated rings. The van der Waals surface area contributed by atoms with Crippen LogP contribution in [0.25, 0.3) is 0 Å². The third-order valence-corrected chi connectivity index (χ3v) is 6.58. The van der Waals surface area contributed by atoms with Gasteiger partial charge in [0.2, 0.25) is 15.9 Å². The van der Waals surface area contributed by atoms with Gasteiger partial charge in [-0.3, -0.25) is 9.78 Å². The van der Waals surface area contributed by atoms with Crippen LogP contribution in [-0.4, -0.2) is 49.4 Å². The van der Waals surface area contributed by atoms with Crippen molar-refractivity contribution in [1.29, 1.82) is 0 Å². The van der Waals surface area contributed by atoms with Gasteiger partial charge >= 0.3 is 0 Å². The first-order valence-electron chi connectivity index (χ1n) is 9.10. The zero-order chi connectivity index (χ0) is 19.6. The van der Waals surface area contributed by atoms with Crippen LogP contribution in [0.3, 0.4) is 0 Å². The van der Waals surface area contributed by atoms with E-state index in [2.05, 4.69) is 10.3 Å². The van der Waals surface area contributed by atoms with Crippen LogP contribution in [0.2, 0.25) is 0 Å². The van der Waals surface area contributed by atoms with Crippen LogP contribution in [0.1, 0.15) is 18.4 Å². The fraction of sp³-hybridized carbons (Fsp3) is 0.368. The van der Waals surface area contributed by atoms with E-state index in [0.29, 0.717) is 37.6 Å². The number of fused-ring (bicyclic) bond motifs is 1. The van der Waals surface area contributed by atoms with Crippen molar-refractivity contribution < 1.29 is 22.7 Å². The molecule has 0 unspecified atom stereocenters. The molecule has 28 heavy (non-hydrogen) atoms. The normalized spacial score (nSPS) is 18.9. The van der Waals surface area contributed by atoms with Gasteiger partial charge in [0.05, 0.1) is 4.90 Å². The summed E-state index contributed by atoms with van der Waals surface area (Å²) in [5.74, 6) is 0.907. The molecule has 0 saturated carbocycles. The number of benzene rings is 1. The van der Waals surface area contributed by atoms with Crippen molar-refractivity contribution in [2.45, 2.75) is 30.3 Å². The minimum absolute atomic E-state index is 0.0504. The number of carbonyl (C=O) groups is 1. The molecule has 0 bridgehead atoms. The zero-order valence-corrected chi connectivity index (χ0v) is 16.0. The molecule has 1 aromatic heterocycles. The van der Waals surface area contributed by atoms with Crippen molar-refractivity contribution in [1.82, 2.24) is 14.6 Å². The minimum atomic E-state index is -3.81. The molecule has 2 aliphatic rings. The number of pyridine rings is 1. The predicted octanol–water partition coefficient (Wildman–Crippen LogP) is 1.32. The van der Waals surface area contributed by atoms with Crippen LogP contribution in [0.4, 0.5) is 0 Å². The summed E-state index contributed by atoms with van der Waals surface area (Å²) < 4.78 is 39.2. The number of carbonyl (C=O) groups excluding carboxylic acids is 1. The van der Waals surface area contributed by atoms with Crippen molar-refractivity contribution >= 4 is 15.9 Å². The lowest BCUT2D eigenvalue weighted by molar-refractivity contribution is -0.119. The molecular formula is C19H21N3O5S. The number of amides is 1. The standard InChI is InChI=1S/C19H21N3O5S/c23-19-4-1-15(21-19)13-22(12-14-5-7-20-8-6-14)28(24,25)16-2-3-17-18(11-16)27-10-9-26-17/h2-3,5-8,11,15H,1,4,9-10,12-13H2,(H,21,23)/t15-/m0/s1. The van der Waals surface area contributed by atoms with Crippen molar-refractivity contribution in [2.24, 2.45) is 0 Å². The summed E-state index contributed by atoms with van der Waals surface area (Å²) in [4.78, 5) is 15.7. The molecule has 9 heteroatoms. The summed E-state index contributed by atoms with van der Waals surface area (Å²) in [6, 6.07) is 7.98. The average molecular weight is 403 g/mol. The van der Waals surface area contributed by atoms with Gasteiger partial charge in [0.1, 0.15) is 13.2 Å². The smallest absolute Gasteiger partial charge is 0.243 e. The molecule has 4 rings (SSSR count). The van der Waals surface area contributed by atoms with Crippen molar-refractivity contribution in [3.63, 3.8) is 0 Å². The van der Waals surface area contributed by atoms with Gasteiger partial charge < -0.3 is 14.8 Å². The Balaban J connectivity index is 1.64. The van der Waals surface area contributed by atoms with E-state index in [1.54, 1.807) is 30.6 Å². The molecule has 3 heterocycles. The van der Waals surface area contributed by atoms with Gasteiger partial charge in [0.25, 0.3) is 0 Å². The van der Waals surface area contributed by atoms with Gasteiger partial charge in [-0.1, -0.05) is 0 Å². The van der Waals surface area contributed by atoms with Crippen LogP contribution in [0, 0.1) is 0 Å². The Kier molecular flexibility index (Phi) is 5.19. The maximum atomic E-state index is 13.4. The number of aromatic nitrogens is 1. The monoisotopic (exact) mass is 403 g/mol. The van der Waals surface area contributed by atoms with E-state index in [1.807, 2.05) is 0 Å². The average Bonchev–Trinajstić information content (AvgIpc) is 3.12. The maximum Gasteiger partial charge on any atom is 0.243 e. The van der Waals surface area contributed by atoms with E-state index >= 15 is 0 Å². The Bertz CT molecular complexity index is 965.